The summed E-state index contributed by atoms with van der Waals surface area (Å²) in [6, 6.07) is 10.2. The van der Waals surface area contributed by atoms with Gasteiger partial charge in [0.2, 0.25) is 0 Å². The van der Waals surface area contributed by atoms with E-state index in [9.17, 15) is 0 Å². The van der Waals surface area contributed by atoms with Crippen molar-refractivity contribution in [3.05, 3.63) is 52.4 Å². The Bertz CT molecular complexity index is 555. The van der Waals surface area contributed by atoms with E-state index in [-0.39, 0.29) is 0 Å². The molecule has 4 heteroatoms. The van der Waals surface area contributed by atoms with E-state index >= 15 is 0 Å². The summed E-state index contributed by atoms with van der Waals surface area (Å²) in [6.45, 7) is 4.93. The average molecular weight is 276 g/mol. The highest BCUT2D eigenvalue weighted by atomic mass is 35.5. The maximum atomic E-state index is 5.98. The van der Waals surface area contributed by atoms with Gasteiger partial charge in [0.25, 0.3) is 0 Å². The first-order chi connectivity index (χ1) is 9.22. The molecule has 2 aromatic rings. The lowest BCUT2D eigenvalue weighted by Crippen LogP contribution is -2.06. The highest BCUT2D eigenvalue weighted by molar-refractivity contribution is 6.29. The van der Waals surface area contributed by atoms with Crippen LogP contribution < -0.4 is 5.32 Å². The van der Waals surface area contributed by atoms with Crippen molar-refractivity contribution in [1.29, 1.82) is 0 Å². The van der Waals surface area contributed by atoms with E-state index in [1.54, 1.807) is 6.07 Å². The molecule has 0 bridgehead atoms. The number of hydrogen-bond donors (Lipinski definition) is 1. The second-order valence-corrected chi connectivity index (χ2v) is 4.71. The van der Waals surface area contributed by atoms with Crippen molar-refractivity contribution in [1.82, 2.24) is 9.97 Å². The van der Waals surface area contributed by atoms with Crippen molar-refractivity contribution in [3.63, 3.8) is 0 Å². The summed E-state index contributed by atoms with van der Waals surface area (Å²) in [5, 5.41) is 3.80. The maximum Gasteiger partial charge on any atom is 0.134 e. The number of benzene rings is 1. The molecule has 0 spiro atoms. The molecule has 0 fully saturated rings. The normalized spacial score (nSPS) is 10.5. The lowest BCUT2D eigenvalue weighted by atomic mass is 10.1. The summed E-state index contributed by atoms with van der Waals surface area (Å²) in [6.07, 6.45) is 1.81. The molecule has 0 aliphatic heterocycles. The highest BCUT2D eigenvalue weighted by Crippen LogP contribution is 2.15. The standard InChI is InChI=1S/C15H18ClN3/c1-3-11-7-5-6-8-12(11)10-17-15-9-13(16)18-14(4-2)19-15/h5-9H,3-4,10H2,1-2H3,(H,17,18,19). The molecule has 1 aromatic heterocycles. The van der Waals surface area contributed by atoms with Crippen LogP contribution in [-0.2, 0) is 19.4 Å². The van der Waals surface area contributed by atoms with E-state index in [4.69, 9.17) is 11.6 Å². The summed E-state index contributed by atoms with van der Waals surface area (Å²) in [7, 11) is 0. The van der Waals surface area contributed by atoms with Crippen LogP contribution in [0.1, 0.15) is 30.8 Å². The van der Waals surface area contributed by atoms with Crippen LogP contribution in [0.2, 0.25) is 5.15 Å². The SMILES string of the molecule is CCc1nc(Cl)cc(NCc2ccccc2CC)n1. The molecule has 1 aromatic carbocycles. The smallest absolute Gasteiger partial charge is 0.134 e. The molecule has 100 valence electrons. The van der Waals surface area contributed by atoms with Crippen molar-refractivity contribution in [2.45, 2.75) is 33.2 Å². The largest absolute Gasteiger partial charge is 0.366 e. The molecule has 0 unspecified atom stereocenters. The summed E-state index contributed by atoms with van der Waals surface area (Å²) >= 11 is 5.98. The summed E-state index contributed by atoms with van der Waals surface area (Å²) in [4.78, 5) is 8.57. The molecule has 1 heterocycles. The fraction of sp³-hybridized carbons (Fsp3) is 0.333. The number of anilines is 1. The Kier molecular flexibility index (Phi) is 4.74. The van der Waals surface area contributed by atoms with Gasteiger partial charge in [-0.2, -0.15) is 0 Å². The second-order valence-electron chi connectivity index (χ2n) is 4.32. The minimum atomic E-state index is 0.484. The molecule has 19 heavy (non-hydrogen) atoms. The molecule has 1 N–H and O–H groups in total. The molecule has 0 saturated heterocycles. The zero-order valence-corrected chi connectivity index (χ0v) is 12.0. The van der Waals surface area contributed by atoms with Gasteiger partial charge in [-0.1, -0.05) is 49.7 Å². The van der Waals surface area contributed by atoms with Crippen LogP contribution in [0.15, 0.2) is 30.3 Å². The Morgan fingerprint density at radius 2 is 1.79 bits per heavy atom. The van der Waals surface area contributed by atoms with E-state index < -0.39 is 0 Å². The van der Waals surface area contributed by atoms with Gasteiger partial charge < -0.3 is 5.32 Å². The van der Waals surface area contributed by atoms with Crippen molar-refractivity contribution in [3.8, 4) is 0 Å². The number of aryl methyl sites for hydroxylation is 2. The summed E-state index contributed by atoms with van der Waals surface area (Å²) in [5.74, 6) is 1.54. The Morgan fingerprint density at radius 1 is 1.05 bits per heavy atom. The quantitative estimate of drug-likeness (QED) is 0.842. The van der Waals surface area contributed by atoms with Crippen LogP contribution >= 0.6 is 11.6 Å². The first-order valence-corrected chi connectivity index (χ1v) is 6.94. The molecule has 3 nitrogen and oxygen atoms in total. The minimum absolute atomic E-state index is 0.484. The van der Waals surface area contributed by atoms with Gasteiger partial charge in [0, 0.05) is 19.0 Å². The number of rotatable bonds is 5. The van der Waals surface area contributed by atoms with Crippen molar-refractivity contribution in [2.24, 2.45) is 0 Å². The molecule has 0 radical (unpaired) electrons. The van der Waals surface area contributed by atoms with E-state index in [2.05, 4.69) is 46.5 Å². The molecule has 0 aliphatic rings. The van der Waals surface area contributed by atoms with Gasteiger partial charge in [-0.25, -0.2) is 9.97 Å². The third-order valence-electron chi connectivity index (χ3n) is 3.02. The number of nitrogens with one attached hydrogen (secondary N) is 1. The Balaban J connectivity index is 2.12. The molecule has 2 rings (SSSR count). The van der Waals surface area contributed by atoms with Gasteiger partial charge in [-0.3, -0.25) is 0 Å². The van der Waals surface area contributed by atoms with E-state index in [1.807, 2.05) is 6.92 Å². The monoisotopic (exact) mass is 275 g/mol. The van der Waals surface area contributed by atoms with Gasteiger partial charge in [0.1, 0.15) is 16.8 Å². The lowest BCUT2D eigenvalue weighted by Gasteiger charge is -2.10. The van der Waals surface area contributed by atoms with Crippen LogP contribution in [-0.4, -0.2) is 9.97 Å². The van der Waals surface area contributed by atoms with Crippen LogP contribution in [0, 0.1) is 0 Å². The van der Waals surface area contributed by atoms with Crippen LogP contribution in [0.5, 0.6) is 0 Å². The van der Waals surface area contributed by atoms with Gasteiger partial charge in [-0.05, 0) is 17.5 Å². The summed E-state index contributed by atoms with van der Waals surface area (Å²) < 4.78 is 0. The minimum Gasteiger partial charge on any atom is -0.366 e. The van der Waals surface area contributed by atoms with Crippen molar-refractivity contribution < 1.29 is 0 Å². The molecular weight excluding hydrogens is 258 g/mol. The maximum absolute atomic E-state index is 5.98. The predicted molar refractivity (Wildman–Crippen MR) is 79.6 cm³/mol. The zero-order valence-electron chi connectivity index (χ0n) is 11.3. The second kappa shape index (κ2) is 6.53. The molecule has 0 atom stereocenters. The first kappa shape index (κ1) is 13.8. The molecular formula is C15H18ClN3. The van der Waals surface area contributed by atoms with Crippen LogP contribution in [0.25, 0.3) is 0 Å². The average Bonchev–Trinajstić information content (AvgIpc) is 2.44. The third kappa shape index (κ3) is 3.67. The van der Waals surface area contributed by atoms with Crippen LogP contribution in [0.3, 0.4) is 0 Å². The first-order valence-electron chi connectivity index (χ1n) is 6.57. The van der Waals surface area contributed by atoms with Gasteiger partial charge in [0.15, 0.2) is 0 Å². The third-order valence-corrected chi connectivity index (χ3v) is 3.21. The van der Waals surface area contributed by atoms with Gasteiger partial charge in [0.05, 0.1) is 0 Å². The highest BCUT2D eigenvalue weighted by Gasteiger charge is 2.03. The van der Waals surface area contributed by atoms with Crippen molar-refractivity contribution >= 4 is 17.4 Å². The Morgan fingerprint density at radius 3 is 2.47 bits per heavy atom. The number of aromatic nitrogens is 2. The summed E-state index contributed by atoms with van der Waals surface area (Å²) in [5.41, 5.74) is 2.64. The molecule has 0 amide bonds. The van der Waals surface area contributed by atoms with Gasteiger partial charge >= 0.3 is 0 Å². The van der Waals surface area contributed by atoms with E-state index in [0.717, 1.165) is 31.0 Å². The number of nitrogens with zero attached hydrogens (tertiary/aromatic N) is 2. The number of halogens is 1. The number of hydrogen-bond acceptors (Lipinski definition) is 3. The van der Waals surface area contributed by atoms with E-state index in [1.165, 1.54) is 11.1 Å². The zero-order chi connectivity index (χ0) is 13.7. The van der Waals surface area contributed by atoms with Crippen LogP contribution in [0.4, 0.5) is 5.82 Å². The molecule has 0 saturated carbocycles. The fourth-order valence-corrected chi connectivity index (χ4v) is 2.17. The lowest BCUT2D eigenvalue weighted by molar-refractivity contribution is 0.930. The Labute approximate surface area is 119 Å². The van der Waals surface area contributed by atoms with Gasteiger partial charge in [-0.15, -0.1) is 0 Å². The fourth-order valence-electron chi connectivity index (χ4n) is 1.97. The predicted octanol–water partition coefficient (Wildman–Crippen LogP) is 3.87. The topological polar surface area (TPSA) is 37.8 Å². The molecule has 0 aliphatic carbocycles. The van der Waals surface area contributed by atoms with E-state index in [0.29, 0.717) is 5.15 Å². The van der Waals surface area contributed by atoms with Crippen molar-refractivity contribution in [2.75, 3.05) is 5.32 Å². The Hall–Kier alpha value is -1.61.